The van der Waals surface area contributed by atoms with Crippen LogP contribution in [0.4, 0.5) is 4.79 Å². The summed E-state index contributed by atoms with van der Waals surface area (Å²) in [5.74, 6) is 0. The van der Waals surface area contributed by atoms with E-state index < -0.39 is 6.09 Å². The fourth-order valence-electron chi connectivity index (χ4n) is 1.01. The summed E-state index contributed by atoms with van der Waals surface area (Å²) in [6, 6.07) is -0.186. The molecule has 0 saturated carbocycles. The number of amides is 1. The quantitative estimate of drug-likeness (QED) is 0.492. The molecule has 1 heterocycles. The van der Waals surface area contributed by atoms with Gasteiger partial charge in [0.2, 0.25) is 0 Å². The highest BCUT2D eigenvalue weighted by Crippen LogP contribution is 1.97. The molecule has 0 spiro atoms. The minimum atomic E-state index is -0.925. The normalized spacial score (nSPS) is 26.3. The van der Waals surface area contributed by atoms with Crippen LogP contribution in [0.25, 0.3) is 0 Å². The SMILES string of the molecule is NC1COCCN(C(=O)O)C1. The van der Waals surface area contributed by atoms with E-state index in [4.69, 9.17) is 15.6 Å². The Hall–Kier alpha value is -0.810. The second kappa shape index (κ2) is 3.54. The first kappa shape index (κ1) is 8.29. The fraction of sp³-hybridized carbons (Fsp3) is 0.833. The van der Waals surface area contributed by atoms with E-state index >= 15 is 0 Å². The Bertz CT molecular complexity index is 151. The van der Waals surface area contributed by atoms with Crippen LogP contribution in [0, 0.1) is 0 Å². The van der Waals surface area contributed by atoms with Crippen molar-refractivity contribution in [2.45, 2.75) is 6.04 Å². The fourth-order valence-corrected chi connectivity index (χ4v) is 1.01. The molecule has 1 aliphatic heterocycles. The van der Waals surface area contributed by atoms with Gasteiger partial charge in [0.25, 0.3) is 0 Å². The predicted molar refractivity (Wildman–Crippen MR) is 38.4 cm³/mol. The number of hydrogen-bond acceptors (Lipinski definition) is 3. The molecule has 64 valence electrons. The predicted octanol–water partition coefficient (Wildman–Crippen LogP) is -0.676. The van der Waals surface area contributed by atoms with E-state index in [9.17, 15) is 4.79 Å². The lowest BCUT2D eigenvalue weighted by molar-refractivity contribution is 0.126. The summed E-state index contributed by atoms with van der Waals surface area (Å²) in [5.41, 5.74) is 5.53. The van der Waals surface area contributed by atoms with Crippen molar-refractivity contribution in [2.75, 3.05) is 26.3 Å². The Balaban J connectivity index is 2.45. The molecule has 3 N–H and O–H groups in total. The number of nitrogens with two attached hydrogens (primary N) is 1. The van der Waals surface area contributed by atoms with Crippen LogP contribution in [0.5, 0.6) is 0 Å². The second-order valence-corrected chi connectivity index (χ2v) is 2.56. The zero-order valence-corrected chi connectivity index (χ0v) is 6.19. The number of carbonyl (C=O) groups is 1. The van der Waals surface area contributed by atoms with Crippen molar-refractivity contribution < 1.29 is 14.6 Å². The van der Waals surface area contributed by atoms with Crippen molar-refractivity contribution in [1.82, 2.24) is 4.90 Å². The summed E-state index contributed by atoms with van der Waals surface area (Å²) in [6.07, 6.45) is -0.925. The van der Waals surface area contributed by atoms with Crippen LogP contribution in [0.2, 0.25) is 0 Å². The first-order chi connectivity index (χ1) is 5.20. The summed E-state index contributed by atoms with van der Waals surface area (Å²) >= 11 is 0. The first-order valence-corrected chi connectivity index (χ1v) is 3.51. The second-order valence-electron chi connectivity index (χ2n) is 2.56. The van der Waals surface area contributed by atoms with Crippen LogP contribution < -0.4 is 5.73 Å². The van der Waals surface area contributed by atoms with E-state index in [0.717, 1.165) is 0 Å². The first-order valence-electron chi connectivity index (χ1n) is 3.51. The van der Waals surface area contributed by atoms with Gasteiger partial charge in [0.05, 0.1) is 13.2 Å². The maximum atomic E-state index is 10.5. The zero-order chi connectivity index (χ0) is 8.27. The van der Waals surface area contributed by atoms with Gasteiger partial charge >= 0.3 is 6.09 Å². The molecule has 0 radical (unpaired) electrons. The molecule has 0 aromatic heterocycles. The Kier molecular flexibility index (Phi) is 2.67. The van der Waals surface area contributed by atoms with Crippen molar-refractivity contribution >= 4 is 6.09 Å². The molecule has 1 aliphatic rings. The van der Waals surface area contributed by atoms with Crippen molar-refractivity contribution in [3.8, 4) is 0 Å². The number of nitrogens with zero attached hydrogens (tertiary/aromatic N) is 1. The van der Waals surface area contributed by atoms with Crippen molar-refractivity contribution in [1.29, 1.82) is 0 Å². The highest BCUT2D eigenvalue weighted by atomic mass is 16.5. The van der Waals surface area contributed by atoms with E-state index in [0.29, 0.717) is 26.3 Å². The van der Waals surface area contributed by atoms with E-state index in [-0.39, 0.29) is 6.04 Å². The number of rotatable bonds is 0. The molecule has 1 unspecified atom stereocenters. The molecule has 0 bridgehead atoms. The number of hydrogen-bond donors (Lipinski definition) is 2. The van der Waals surface area contributed by atoms with E-state index in [1.807, 2.05) is 0 Å². The van der Waals surface area contributed by atoms with Gasteiger partial charge in [-0.3, -0.25) is 0 Å². The van der Waals surface area contributed by atoms with Gasteiger partial charge in [-0.25, -0.2) is 4.79 Å². The van der Waals surface area contributed by atoms with Crippen LogP contribution in [-0.4, -0.2) is 48.4 Å². The Morgan fingerprint density at radius 2 is 2.45 bits per heavy atom. The molecule has 1 rings (SSSR count). The molecular weight excluding hydrogens is 148 g/mol. The third-order valence-electron chi connectivity index (χ3n) is 1.56. The minimum absolute atomic E-state index is 0.186. The van der Waals surface area contributed by atoms with Gasteiger partial charge in [-0.15, -0.1) is 0 Å². The van der Waals surface area contributed by atoms with Crippen LogP contribution in [0.1, 0.15) is 0 Å². The largest absolute Gasteiger partial charge is 0.465 e. The number of carboxylic acid groups (broad SMARTS) is 1. The van der Waals surface area contributed by atoms with Gasteiger partial charge < -0.3 is 20.5 Å². The molecule has 11 heavy (non-hydrogen) atoms. The lowest BCUT2D eigenvalue weighted by atomic mass is 10.3. The molecule has 1 fully saturated rings. The van der Waals surface area contributed by atoms with Gasteiger partial charge in [-0.2, -0.15) is 0 Å². The third-order valence-corrected chi connectivity index (χ3v) is 1.56. The smallest absolute Gasteiger partial charge is 0.407 e. The average molecular weight is 160 g/mol. The maximum Gasteiger partial charge on any atom is 0.407 e. The molecule has 1 atom stereocenters. The van der Waals surface area contributed by atoms with Gasteiger partial charge in [0.15, 0.2) is 0 Å². The summed E-state index contributed by atoms with van der Waals surface area (Å²) in [7, 11) is 0. The molecule has 1 saturated heterocycles. The van der Waals surface area contributed by atoms with Crippen LogP contribution in [0.3, 0.4) is 0 Å². The summed E-state index contributed by atoms with van der Waals surface area (Å²) < 4.78 is 5.06. The van der Waals surface area contributed by atoms with Crippen LogP contribution in [0.15, 0.2) is 0 Å². The summed E-state index contributed by atoms with van der Waals surface area (Å²) in [6.45, 7) is 1.68. The average Bonchev–Trinajstić information content (AvgIpc) is 2.13. The van der Waals surface area contributed by atoms with Crippen molar-refractivity contribution in [3.63, 3.8) is 0 Å². The van der Waals surface area contributed by atoms with E-state index in [1.54, 1.807) is 0 Å². The molecule has 0 aliphatic carbocycles. The van der Waals surface area contributed by atoms with Crippen LogP contribution in [-0.2, 0) is 4.74 Å². The standard InChI is InChI=1S/C6H12N2O3/c7-5-3-8(6(9)10)1-2-11-4-5/h5H,1-4,7H2,(H,9,10). The minimum Gasteiger partial charge on any atom is -0.465 e. The van der Waals surface area contributed by atoms with Gasteiger partial charge in [0.1, 0.15) is 0 Å². The molecule has 5 heteroatoms. The molecule has 5 nitrogen and oxygen atoms in total. The van der Waals surface area contributed by atoms with Crippen molar-refractivity contribution in [3.05, 3.63) is 0 Å². The third kappa shape index (κ3) is 2.36. The Morgan fingerprint density at radius 1 is 1.73 bits per heavy atom. The lowest BCUT2D eigenvalue weighted by Crippen LogP contribution is -2.40. The van der Waals surface area contributed by atoms with Crippen molar-refractivity contribution in [2.24, 2.45) is 5.73 Å². The number of ether oxygens (including phenoxy) is 1. The summed E-state index contributed by atoms with van der Waals surface area (Å²) in [5, 5.41) is 8.60. The molecular formula is C6H12N2O3. The highest BCUT2D eigenvalue weighted by Gasteiger charge is 2.18. The molecule has 0 aromatic carbocycles. The van der Waals surface area contributed by atoms with Gasteiger partial charge in [0, 0.05) is 19.1 Å². The maximum absolute atomic E-state index is 10.5. The van der Waals surface area contributed by atoms with Gasteiger partial charge in [-0.1, -0.05) is 0 Å². The monoisotopic (exact) mass is 160 g/mol. The van der Waals surface area contributed by atoms with Gasteiger partial charge in [-0.05, 0) is 0 Å². The summed E-state index contributed by atoms with van der Waals surface area (Å²) in [4.78, 5) is 11.7. The Morgan fingerprint density at radius 3 is 3.09 bits per heavy atom. The topological polar surface area (TPSA) is 75.8 Å². The Labute approximate surface area is 64.7 Å². The molecule has 0 aromatic rings. The van der Waals surface area contributed by atoms with E-state index in [1.165, 1.54) is 4.90 Å². The zero-order valence-electron chi connectivity index (χ0n) is 6.19. The highest BCUT2D eigenvalue weighted by molar-refractivity contribution is 5.65. The van der Waals surface area contributed by atoms with E-state index in [2.05, 4.69) is 0 Å². The lowest BCUT2D eigenvalue weighted by Gasteiger charge is -2.17. The van der Waals surface area contributed by atoms with Crippen LogP contribution >= 0.6 is 0 Å². The molecule has 1 amide bonds.